The summed E-state index contributed by atoms with van der Waals surface area (Å²) in [5.74, 6) is 0.757. The Morgan fingerprint density at radius 1 is 1.12 bits per heavy atom. The van der Waals surface area contributed by atoms with Crippen LogP contribution in [0.1, 0.15) is 37.1 Å². The monoisotopic (exact) mass is 353 g/mol. The van der Waals surface area contributed by atoms with E-state index >= 15 is 0 Å². The second-order valence-corrected chi connectivity index (χ2v) is 7.53. The number of para-hydroxylation sites is 1. The highest BCUT2D eigenvalue weighted by Gasteiger charge is 2.23. The van der Waals surface area contributed by atoms with E-state index in [0.29, 0.717) is 0 Å². The number of anilines is 1. The van der Waals surface area contributed by atoms with E-state index in [-0.39, 0.29) is 5.56 Å². The van der Waals surface area contributed by atoms with E-state index < -0.39 is 0 Å². The molecule has 0 spiro atoms. The smallest absolute Gasteiger partial charge is 0.268 e. The van der Waals surface area contributed by atoms with E-state index in [1.54, 1.807) is 15.9 Å². The van der Waals surface area contributed by atoms with Gasteiger partial charge in [0, 0.05) is 18.0 Å². The Morgan fingerprint density at radius 2 is 1.84 bits per heavy atom. The first-order valence-electron chi connectivity index (χ1n) is 9.12. The average molecular weight is 353 g/mol. The van der Waals surface area contributed by atoms with Crippen LogP contribution in [0.4, 0.5) is 5.95 Å². The number of nitrogens with zero attached hydrogens (tertiary/aromatic N) is 3. The number of aromatic nitrogens is 2. The van der Waals surface area contributed by atoms with E-state index in [4.69, 9.17) is 4.98 Å². The molecule has 1 aliphatic carbocycles. The van der Waals surface area contributed by atoms with Gasteiger partial charge in [0.25, 0.3) is 5.56 Å². The van der Waals surface area contributed by atoms with Gasteiger partial charge in [0.1, 0.15) is 4.83 Å². The summed E-state index contributed by atoms with van der Waals surface area (Å²) in [5, 5.41) is 0.847. The molecule has 25 heavy (non-hydrogen) atoms. The summed E-state index contributed by atoms with van der Waals surface area (Å²) in [6.07, 6.45) is 4.48. The minimum Gasteiger partial charge on any atom is -0.342 e. The van der Waals surface area contributed by atoms with Crippen molar-refractivity contribution in [1.82, 2.24) is 9.55 Å². The van der Waals surface area contributed by atoms with Gasteiger partial charge in [0.05, 0.1) is 11.1 Å². The minimum atomic E-state index is 0.0810. The van der Waals surface area contributed by atoms with Gasteiger partial charge in [-0.1, -0.05) is 18.2 Å². The molecule has 1 aromatic carbocycles. The van der Waals surface area contributed by atoms with Crippen LogP contribution in [0.2, 0.25) is 0 Å². The molecule has 0 radical (unpaired) electrons. The van der Waals surface area contributed by atoms with E-state index in [9.17, 15) is 4.79 Å². The van der Waals surface area contributed by atoms with Crippen molar-refractivity contribution < 1.29 is 0 Å². The topological polar surface area (TPSA) is 38.1 Å². The maximum absolute atomic E-state index is 13.5. The summed E-state index contributed by atoms with van der Waals surface area (Å²) >= 11 is 1.72. The van der Waals surface area contributed by atoms with Crippen LogP contribution in [0, 0.1) is 0 Å². The maximum atomic E-state index is 13.5. The molecular weight excluding hydrogens is 330 g/mol. The number of hydrogen-bond donors (Lipinski definition) is 0. The standard InChI is InChI=1S/C20H23N3OS/c1-3-22(4-2)20-21-18-17(15-12-8-9-13-16(15)25-18)19(24)23(20)14-10-6-5-7-11-14/h5-7,10-11H,3-4,8-9,12-13H2,1-2H3. The highest BCUT2D eigenvalue weighted by Crippen LogP contribution is 2.35. The summed E-state index contributed by atoms with van der Waals surface area (Å²) in [6, 6.07) is 9.90. The Balaban J connectivity index is 2.07. The normalized spacial score (nSPS) is 13.8. The highest BCUT2D eigenvalue weighted by atomic mass is 32.1. The van der Waals surface area contributed by atoms with Crippen LogP contribution < -0.4 is 10.5 Å². The fraction of sp³-hybridized carbons (Fsp3) is 0.400. The first-order chi connectivity index (χ1) is 12.2. The van der Waals surface area contributed by atoms with Gasteiger partial charge in [-0.3, -0.25) is 4.79 Å². The number of fused-ring (bicyclic) bond motifs is 3. The first-order valence-corrected chi connectivity index (χ1v) is 9.93. The van der Waals surface area contributed by atoms with Crippen molar-refractivity contribution in [1.29, 1.82) is 0 Å². The molecule has 0 fully saturated rings. The molecule has 4 rings (SSSR count). The predicted molar refractivity (Wildman–Crippen MR) is 105 cm³/mol. The molecule has 0 bridgehead atoms. The molecule has 2 aromatic heterocycles. The maximum Gasteiger partial charge on any atom is 0.268 e. The van der Waals surface area contributed by atoms with Crippen molar-refractivity contribution in [2.45, 2.75) is 39.5 Å². The SMILES string of the molecule is CCN(CC)c1nc2sc3c(c2c(=O)n1-c1ccccc1)CCCC3. The lowest BCUT2D eigenvalue weighted by Gasteiger charge is -2.23. The second kappa shape index (κ2) is 6.64. The molecule has 0 aliphatic heterocycles. The zero-order valence-electron chi connectivity index (χ0n) is 14.8. The number of benzene rings is 1. The van der Waals surface area contributed by atoms with Crippen LogP contribution in [0.15, 0.2) is 35.1 Å². The third-order valence-electron chi connectivity index (χ3n) is 5.03. The van der Waals surface area contributed by atoms with Gasteiger partial charge in [-0.2, -0.15) is 0 Å². The molecule has 0 atom stereocenters. The number of rotatable bonds is 4. The van der Waals surface area contributed by atoms with Crippen LogP contribution >= 0.6 is 11.3 Å². The van der Waals surface area contributed by atoms with E-state index in [1.165, 1.54) is 23.3 Å². The molecule has 4 nitrogen and oxygen atoms in total. The second-order valence-electron chi connectivity index (χ2n) is 6.45. The van der Waals surface area contributed by atoms with Crippen LogP contribution in [0.25, 0.3) is 15.9 Å². The molecule has 0 amide bonds. The van der Waals surface area contributed by atoms with Crippen LogP contribution in [0.3, 0.4) is 0 Å². The molecule has 5 heteroatoms. The lowest BCUT2D eigenvalue weighted by Crippen LogP contribution is -2.32. The Bertz CT molecular complexity index is 954. The van der Waals surface area contributed by atoms with Crippen molar-refractivity contribution in [2.75, 3.05) is 18.0 Å². The highest BCUT2D eigenvalue weighted by molar-refractivity contribution is 7.18. The lowest BCUT2D eigenvalue weighted by molar-refractivity contribution is 0.699. The summed E-state index contributed by atoms with van der Waals surface area (Å²) < 4.78 is 1.80. The zero-order chi connectivity index (χ0) is 17.4. The average Bonchev–Trinajstić information content (AvgIpc) is 3.02. The molecule has 0 saturated heterocycles. The van der Waals surface area contributed by atoms with Crippen LogP contribution in [0.5, 0.6) is 0 Å². The van der Waals surface area contributed by atoms with Crippen molar-refractivity contribution in [3.05, 3.63) is 51.1 Å². The van der Waals surface area contributed by atoms with Crippen molar-refractivity contribution in [2.24, 2.45) is 0 Å². The van der Waals surface area contributed by atoms with Crippen molar-refractivity contribution in [3.8, 4) is 5.69 Å². The van der Waals surface area contributed by atoms with Gasteiger partial charge < -0.3 is 4.90 Å². The molecule has 130 valence electrons. The van der Waals surface area contributed by atoms with Crippen LogP contribution in [-0.2, 0) is 12.8 Å². The molecule has 0 N–H and O–H groups in total. The molecule has 1 aliphatic rings. The molecule has 0 saturated carbocycles. The zero-order valence-corrected chi connectivity index (χ0v) is 15.6. The first kappa shape index (κ1) is 16.3. The van der Waals surface area contributed by atoms with Gasteiger partial charge in [-0.15, -0.1) is 11.3 Å². The third kappa shape index (κ3) is 2.67. The quantitative estimate of drug-likeness (QED) is 0.706. The fourth-order valence-electron chi connectivity index (χ4n) is 3.72. The summed E-state index contributed by atoms with van der Waals surface area (Å²) in [6.45, 7) is 5.86. The Labute approximate surface area is 151 Å². The Morgan fingerprint density at radius 3 is 2.56 bits per heavy atom. The van der Waals surface area contributed by atoms with Gasteiger partial charge in [-0.25, -0.2) is 9.55 Å². The predicted octanol–water partition coefficient (Wildman–Crippen LogP) is 4.17. The number of thiophene rings is 1. The molecular formula is C20H23N3OS. The minimum absolute atomic E-state index is 0.0810. The third-order valence-corrected chi connectivity index (χ3v) is 6.22. The fourth-order valence-corrected chi connectivity index (χ4v) is 4.97. The van der Waals surface area contributed by atoms with Gasteiger partial charge in [-0.05, 0) is 57.2 Å². The van der Waals surface area contributed by atoms with E-state index in [0.717, 1.165) is 47.8 Å². The van der Waals surface area contributed by atoms with E-state index in [2.05, 4.69) is 18.7 Å². The lowest BCUT2D eigenvalue weighted by atomic mass is 9.97. The van der Waals surface area contributed by atoms with Gasteiger partial charge in [0.15, 0.2) is 0 Å². The Hall–Kier alpha value is -2.14. The number of aryl methyl sites for hydroxylation is 2. The van der Waals surface area contributed by atoms with Crippen molar-refractivity contribution in [3.63, 3.8) is 0 Å². The summed E-state index contributed by atoms with van der Waals surface area (Å²) in [7, 11) is 0. The molecule has 3 aromatic rings. The van der Waals surface area contributed by atoms with Crippen molar-refractivity contribution >= 4 is 27.5 Å². The van der Waals surface area contributed by atoms with E-state index in [1.807, 2.05) is 30.3 Å². The van der Waals surface area contributed by atoms with Gasteiger partial charge in [0.2, 0.25) is 5.95 Å². The molecule has 2 heterocycles. The largest absolute Gasteiger partial charge is 0.342 e. The Kier molecular flexibility index (Phi) is 4.34. The number of hydrogen-bond acceptors (Lipinski definition) is 4. The summed E-state index contributed by atoms with van der Waals surface area (Å²) in [4.78, 5) is 22.9. The van der Waals surface area contributed by atoms with Gasteiger partial charge >= 0.3 is 0 Å². The van der Waals surface area contributed by atoms with Crippen LogP contribution in [-0.4, -0.2) is 22.6 Å². The summed E-state index contributed by atoms with van der Waals surface area (Å²) in [5.41, 5.74) is 2.22. The molecule has 0 unspecified atom stereocenters.